The summed E-state index contributed by atoms with van der Waals surface area (Å²) in [6.45, 7) is 1.99. The van der Waals surface area contributed by atoms with E-state index in [-0.39, 0.29) is 29.5 Å². The molecule has 0 atom stereocenters. The summed E-state index contributed by atoms with van der Waals surface area (Å²) >= 11 is 0. The first-order chi connectivity index (χ1) is 5.95. The van der Waals surface area contributed by atoms with Crippen LogP contribution in [0.1, 0.15) is 32.6 Å². The maximum absolute atomic E-state index is 10.8. The molecule has 0 amide bonds. The third-order valence-corrected chi connectivity index (χ3v) is 1.77. The van der Waals surface area contributed by atoms with Crippen LogP contribution in [0.3, 0.4) is 0 Å². The minimum Gasteiger partial charge on any atom is -0.447 e. The fourth-order valence-corrected chi connectivity index (χ4v) is 1.01. The van der Waals surface area contributed by atoms with Crippen molar-refractivity contribution in [3.63, 3.8) is 0 Å². The van der Waals surface area contributed by atoms with Crippen LogP contribution < -0.4 is 0 Å². The molecule has 0 saturated carbocycles. The van der Waals surface area contributed by atoms with E-state index in [4.69, 9.17) is 4.55 Å². The average molecular weight is 237 g/mol. The second-order valence-corrected chi connectivity index (χ2v) is 4.07. The van der Waals surface area contributed by atoms with Crippen LogP contribution in [0.15, 0.2) is 0 Å². The van der Waals surface area contributed by atoms with Crippen LogP contribution in [0.2, 0.25) is 0 Å². The van der Waals surface area contributed by atoms with Gasteiger partial charge in [0.1, 0.15) is 0 Å². The minimum absolute atomic E-state index is 0. The van der Waals surface area contributed by atoms with Gasteiger partial charge in [-0.3, -0.25) is 9.35 Å². The molecule has 0 aromatic carbocycles. The van der Waals surface area contributed by atoms with Crippen molar-refractivity contribution in [2.24, 2.45) is 0 Å². The maximum atomic E-state index is 10.8. The third kappa shape index (κ3) is 12.1. The van der Waals surface area contributed by atoms with Crippen molar-refractivity contribution < 1.29 is 22.5 Å². The molecule has 0 spiro atoms. The molecule has 0 heterocycles. The largest absolute Gasteiger partial charge is 0.447 e. The van der Waals surface area contributed by atoms with Crippen LogP contribution in [0.25, 0.3) is 0 Å². The Kier molecular flexibility index (Phi) is 10.0. The Morgan fingerprint density at radius 1 is 1.36 bits per heavy atom. The van der Waals surface area contributed by atoms with Gasteiger partial charge in [-0.1, -0.05) is 19.8 Å². The van der Waals surface area contributed by atoms with E-state index in [0.717, 1.165) is 12.8 Å². The second kappa shape index (κ2) is 8.45. The highest BCUT2D eigenvalue weighted by Gasteiger charge is 2.08. The van der Waals surface area contributed by atoms with Gasteiger partial charge in [-0.15, -0.1) is 0 Å². The van der Waals surface area contributed by atoms with E-state index >= 15 is 0 Å². The van der Waals surface area contributed by atoms with E-state index in [0.29, 0.717) is 6.42 Å². The van der Waals surface area contributed by atoms with E-state index in [2.05, 4.69) is 4.74 Å². The predicted molar refractivity (Wildman–Crippen MR) is 55.2 cm³/mol. The minimum atomic E-state index is -4.19. The van der Waals surface area contributed by atoms with Crippen molar-refractivity contribution in [2.45, 2.75) is 32.6 Å². The third-order valence-electron chi connectivity index (χ3n) is 1.35. The molecule has 0 rings (SSSR count). The second-order valence-electron chi connectivity index (χ2n) is 2.67. The number of rotatable bonds is 6. The van der Waals surface area contributed by atoms with Crippen LogP contribution in [0.5, 0.6) is 0 Å². The summed E-state index contributed by atoms with van der Waals surface area (Å²) in [6.07, 6.45) is 2.76. The van der Waals surface area contributed by atoms with Gasteiger partial charge >= 0.3 is 39.1 Å². The first-order valence-corrected chi connectivity index (χ1v) is 5.67. The fourth-order valence-electron chi connectivity index (χ4n) is 0.732. The lowest BCUT2D eigenvalue weighted by atomic mass is 10.2. The zero-order chi connectivity index (χ0) is 10.3. The molecular weight excluding hydrogens is 220 g/mol. The van der Waals surface area contributed by atoms with Gasteiger partial charge in [-0.2, -0.15) is 8.42 Å². The van der Waals surface area contributed by atoms with Crippen molar-refractivity contribution in [3.05, 3.63) is 0 Å². The molecule has 0 unspecified atom stereocenters. The molecule has 0 aliphatic rings. The molecule has 0 aromatic rings. The summed E-state index contributed by atoms with van der Waals surface area (Å²) in [5.41, 5.74) is 0. The van der Waals surface area contributed by atoms with Crippen molar-refractivity contribution in [2.75, 3.05) is 5.94 Å². The Bertz CT molecular complexity index is 249. The zero-order valence-corrected chi connectivity index (χ0v) is 8.34. The van der Waals surface area contributed by atoms with Gasteiger partial charge in [0, 0.05) is 6.42 Å². The molecule has 0 bridgehead atoms. The monoisotopic (exact) mass is 236 g/mol. The smallest absolute Gasteiger partial charge is 0.316 e. The first kappa shape index (κ1) is 16.6. The molecular formula is C7H16MgO5S. The van der Waals surface area contributed by atoms with Crippen molar-refractivity contribution >= 4 is 39.1 Å². The van der Waals surface area contributed by atoms with Gasteiger partial charge in [-0.05, 0) is 6.42 Å². The maximum Gasteiger partial charge on any atom is 0.316 e. The van der Waals surface area contributed by atoms with Gasteiger partial charge < -0.3 is 4.74 Å². The molecule has 14 heavy (non-hydrogen) atoms. The van der Waals surface area contributed by atoms with Crippen LogP contribution >= 0.6 is 0 Å². The van der Waals surface area contributed by atoms with Gasteiger partial charge in [0.25, 0.3) is 0 Å². The Morgan fingerprint density at radius 3 is 2.36 bits per heavy atom. The summed E-state index contributed by atoms with van der Waals surface area (Å²) in [7, 11) is -4.19. The Hall–Kier alpha value is 0.146. The molecule has 0 fully saturated rings. The number of carbonyl (C=O) groups is 1. The van der Waals surface area contributed by atoms with E-state index in [1.165, 1.54) is 0 Å². The molecule has 1 N–H and O–H groups in total. The molecule has 5 nitrogen and oxygen atoms in total. The normalized spacial score (nSPS) is 10.4. The van der Waals surface area contributed by atoms with Gasteiger partial charge in [-0.25, -0.2) is 0 Å². The van der Waals surface area contributed by atoms with E-state index in [1.54, 1.807) is 0 Å². The highest BCUT2D eigenvalue weighted by molar-refractivity contribution is 7.85. The zero-order valence-electron chi connectivity index (χ0n) is 7.52. The van der Waals surface area contributed by atoms with Gasteiger partial charge in [0.2, 0.25) is 5.94 Å². The number of ether oxygens (including phenoxy) is 1. The van der Waals surface area contributed by atoms with E-state index in [1.807, 2.05) is 6.92 Å². The average Bonchev–Trinajstić information content (AvgIpc) is 2.00. The number of hydrogen-bond acceptors (Lipinski definition) is 4. The lowest BCUT2D eigenvalue weighted by Crippen LogP contribution is -2.13. The summed E-state index contributed by atoms with van der Waals surface area (Å²) in [5, 5.41) is 0. The number of unbranched alkanes of at least 4 members (excludes halogenated alkanes) is 2. The summed E-state index contributed by atoms with van der Waals surface area (Å²) in [4.78, 5) is 10.8. The molecule has 0 aliphatic carbocycles. The number of carbonyl (C=O) groups excluding carboxylic acids is 1. The Balaban J connectivity index is 0. The van der Waals surface area contributed by atoms with Crippen LogP contribution in [-0.4, -0.2) is 47.9 Å². The molecule has 7 heteroatoms. The predicted octanol–water partition coefficient (Wildman–Crippen LogP) is 0.0390. The van der Waals surface area contributed by atoms with Crippen LogP contribution in [0, 0.1) is 0 Å². The molecule has 0 radical (unpaired) electrons. The molecule has 0 aromatic heterocycles. The highest BCUT2D eigenvalue weighted by atomic mass is 32.2. The van der Waals surface area contributed by atoms with Gasteiger partial charge in [0.15, 0.2) is 0 Å². The Labute approximate surface area is 100 Å². The van der Waals surface area contributed by atoms with Crippen LogP contribution in [-0.2, 0) is 19.6 Å². The molecule has 0 saturated heterocycles. The molecule has 82 valence electrons. The van der Waals surface area contributed by atoms with Crippen LogP contribution in [0.4, 0.5) is 0 Å². The number of hydrogen-bond donors (Lipinski definition) is 1. The fraction of sp³-hybridized carbons (Fsp3) is 0.857. The summed E-state index contributed by atoms with van der Waals surface area (Å²) in [6, 6.07) is 0. The van der Waals surface area contributed by atoms with Crippen molar-refractivity contribution in [1.82, 2.24) is 0 Å². The standard InChI is InChI=1S/C7H14O5S.Mg.2H/c1-2-3-4-5-7(8)12-6-13(9,10)11;;;/h2-6H2,1H3,(H,9,10,11);;;. The first-order valence-electron chi connectivity index (χ1n) is 4.06. The lowest BCUT2D eigenvalue weighted by Gasteiger charge is -2.01. The summed E-state index contributed by atoms with van der Waals surface area (Å²) < 4.78 is 32.8. The van der Waals surface area contributed by atoms with E-state index in [9.17, 15) is 13.2 Å². The molecule has 0 aliphatic heterocycles. The Morgan fingerprint density at radius 2 is 1.93 bits per heavy atom. The van der Waals surface area contributed by atoms with Crippen molar-refractivity contribution in [3.8, 4) is 0 Å². The topological polar surface area (TPSA) is 80.7 Å². The van der Waals surface area contributed by atoms with Crippen molar-refractivity contribution in [1.29, 1.82) is 0 Å². The van der Waals surface area contributed by atoms with Gasteiger partial charge in [0.05, 0.1) is 0 Å². The lowest BCUT2D eigenvalue weighted by molar-refractivity contribution is -0.141. The quantitative estimate of drug-likeness (QED) is 0.305. The highest BCUT2D eigenvalue weighted by Crippen LogP contribution is 2.00. The summed E-state index contributed by atoms with van der Waals surface area (Å²) in [5.74, 6) is -1.54. The number of esters is 1. The van der Waals surface area contributed by atoms with E-state index < -0.39 is 22.0 Å². The SMILES string of the molecule is CCCCCC(=O)OCS(=O)(=O)O.[MgH2].